The van der Waals surface area contributed by atoms with E-state index in [1.165, 1.54) is 18.2 Å². The van der Waals surface area contributed by atoms with E-state index in [9.17, 15) is 4.79 Å². The first-order valence-electron chi connectivity index (χ1n) is 3.02. The first-order valence-corrected chi connectivity index (χ1v) is 3.02. The molecular weight excluding hydrogens is 142 g/mol. The van der Waals surface area contributed by atoms with E-state index in [2.05, 4.69) is 6.58 Å². The third kappa shape index (κ3) is 1.43. The predicted molar refractivity (Wildman–Crippen MR) is 41.7 cm³/mol. The molecule has 0 aromatic heterocycles. The quantitative estimate of drug-likeness (QED) is 0.587. The van der Waals surface area contributed by atoms with Gasteiger partial charge in [-0.2, -0.15) is 0 Å². The average molecular weight is 149 g/mol. The van der Waals surface area contributed by atoms with Gasteiger partial charge in [0.1, 0.15) is 0 Å². The van der Waals surface area contributed by atoms with Crippen LogP contribution >= 0.6 is 0 Å². The minimum atomic E-state index is -1.02. The third-order valence-corrected chi connectivity index (χ3v) is 1.36. The molecule has 2 N–H and O–H groups in total. The molecule has 0 aromatic carbocycles. The molecule has 3 heteroatoms. The van der Waals surface area contributed by atoms with Crippen molar-refractivity contribution >= 4 is 11.7 Å². The minimum Gasteiger partial charge on any atom is -0.478 e. The Bertz CT molecular complexity index is 297. The van der Waals surface area contributed by atoms with Crippen LogP contribution in [0.25, 0.3) is 0 Å². The fraction of sp³-hybridized carbons (Fsp3) is 0. The van der Waals surface area contributed by atoms with Crippen molar-refractivity contribution in [3.05, 3.63) is 36.0 Å². The number of carboxylic acids is 1. The zero-order valence-corrected chi connectivity index (χ0v) is 5.79. The molecule has 0 amide bonds. The lowest BCUT2D eigenvalue weighted by atomic mass is 10.0. The topological polar surface area (TPSA) is 61.1 Å². The van der Waals surface area contributed by atoms with Crippen LogP contribution in [0.2, 0.25) is 0 Å². The monoisotopic (exact) mass is 149 g/mol. The summed E-state index contributed by atoms with van der Waals surface area (Å²) in [5, 5.41) is 15.7. The van der Waals surface area contributed by atoms with E-state index < -0.39 is 5.97 Å². The van der Waals surface area contributed by atoms with Crippen molar-refractivity contribution in [2.45, 2.75) is 0 Å². The molecule has 0 saturated carbocycles. The molecule has 1 aliphatic carbocycles. The van der Waals surface area contributed by atoms with Crippen molar-refractivity contribution in [2.75, 3.05) is 0 Å². The van der Waals surface area contributed by atoms with E-state index in [1.807, 2.05) is 0 Å². The van der Waals surface area contributed by atoms with Gasteiger partial charge in [-0.15, -0.1) is 0 Å². The second kappa shape index (κ2) is 2.54. The highest BCUT2D eigenvalue weighted by Gasteiger charge is 2.09. The summed E-state index contributed by atoms with van der Waals surface area (Å²) in [6.45, 7) is 3.54. The normalized spacial score (nSPS) is 16.5. The Hall–Kier alpha value is -1.64. The second-order valence-corrected chi connectivity index (χ2v) is 2.18. The van der Waals surface area contributed by atoms with Crippen molar-refractivity contribution in [2.24, 2.45) is 0 Å². The summed E-state index contributed by atoms with van der Waals surface area (Å²) in [5.74, 6) is -1.02. The van der Waals surface area contributed by atoms with Crippen molar-refractivity contribution in [1.82, 2.24) is 0 Å². The van der Waals surface area contributed by atoms with Crippen molar-refractivity contribution in [3.8, 4) is 0 Å². The van der Waals surface area contributed by atoms with E-state index in [-0.39, 0.29) is 11.3 Å². The van der Waals surface area contributed by atoms with Crippen LogP contribution in [0.5, 0.6) is 0 Å². The van der Waals surface area contributed by atoms with Gasteiger partial charge in [0.25, 0.3) is 0 Å². The number of carbonyl (C=O) groups is 1. The molecule has 0 heterocycles. The Kier molecular flexibility index (Phi) is 1.72. The number of hydrogen-bond donors (Lipinski definition) is 2. The average Bonchev–Trinajstić information content (AvgIpc) is 1.94. The number of hydrogen-bond acceptors (Lipinski definition) is 2. The lowest BCUT2D eigenvalue weighted by Crippen LogP contribution is -2.06. The molecule has 0 bridgehead atoms. The van der Waals surface area contributed by atoms with E-state index in [0.717, 1.165) is 0 Å². The molecular formula is C8H7NO2. The summed E-state index contributed by atoms with van der Waals surface area (Å²) >= 11 is 0. The largest absolute Gasteiger partial charge is 0.478 e. The smallest absolute Gasteiger partial charge is 0.335 e. The van der Waals surface area contributed by atoms with Crippen LogP contribution in [-0.2, 0) is 4.79 Å². The molecule has 0 aliphatic heterocycles. The minimum absolute atomic E-state index is 0.127. The first kappa shape index (κ1) is 7.47. The van der Waals surface area contributed by atoms with Crippen molar-refractivity contribution < 1.29 is 9.90 Å². The summed E-state index contributed by atoms with van der Waals surface area (Å²) in [4.78, 5) is 10.4. The van der Waals surface area contributed by atoms with Gasteiger partial charge in [-0.1, -0.05) is 12.7 Å². The lowest BCUT2D eigenvalue weighted by molar-refractivity contribution is -0.132. The number of nitrogens with one attached hydrogen (secondary N) is 1. The van der Waals surface area contributed by atoms with E-state index in [4.69, 9.17) is 10.5 Å². The van der Waals surface area contributed by atoms with E-state index in [0.29, 0.717) is 5.57 Å². The second-order valence-electron chi connectivity index (χ2n) is 2.18. The molecule has 0 fully saturated rings. The van der Waals surface area contributed by atoms with E-state index >= 15 is 0 Å². The summed E-state index contributed by atoms with van der Waals surface area (Å²) in [6, 6.07) is 0. The molecule has 0 saturated heterocycles. The summed E-state index contributed by atoms with van der Waals surface area (Å²) < 4.78 is 0. The molecule has 11 heavy (non-hydrogen) atoms. The van der Waals surface area contributed by atoms with Crippen LogP contribution in [0.4, 0.5) is 0 Å². The summed E-state index contributed by atoms with van der Waals surface area (Å²) in [5.41, 5.74) is 0.822. The summed E-state index contributed by atoms with van der Waals surface area (Å²) in [7, 11) is 0. The van der Waals surface area contributed by atoms with Crippen LogP contribution in [-0.4, -0.2) is 16.8 Å². The van der Waals surface area contributed by atoms with Gasteiger partial charge in [0.05, 0.1) is 11.3 Å². The number of rotatable bonds is 1. The van der Waals surface area contributed by atoms with Crippen LogP contribution < -0.4 is 0 Å². The maximum absolute atomic E-state index is 10.4. The van der Waals surface area contributed by atoms with Gasteiger partial charge >= 0.3 is 5.97 Å². The summed E-state index contributed by atoms with van der Waals surface area (Å²) in [6.07, 6.45) is 4.24. The fourth-order valence-electron chi connectivity index (χ4n) is 0.709. The predicted octanol–water partition coefficient (Wildman–Crippen LogP) is 1.14. The molecule has 1 aliphatic rings. The Labute approximate surface area is 63.9 Å². The number of carboxylic acid groups (broad SMARTS) is 1. The number of aliphatic carboxylic acids is 1. The molecule has 0 unspecified atom stereocenters. The maximum Gasteiger partial charge on any atom is 0.335 e. The molecule has 0 spiro atoms. The number of allylic oxidation sites excluding steroid dienone is 3. The molecule has 0 atom stereocenters. The van der Waals surface area contributed by atoms with Crippen LogP contribution in [0.15, 0.2) is 36.0 Å². The van der Waals surface area contributed by atoms with Crippen molar-refractivity contribution in [3.63, 3.8) is 0 Å². The van der Waals surface area contributed by atoms with Gasteiger partial charge < -0.3 is 10.5 Å². The van der Waals surface area contributed by atoms with E-state index in [1.54, 1.807) is 0 Å². The Balaban J connectivity index is 2.98. The highest BCUT2D eigenvalue weighted by atomic mass is 16.4. The van der Waals surface area contributed by atoms with Crippen molar-refractivity contribution in [1.29, 1.82) is 5.41 Å². The molecule has 3 nitrogen and oxygen atoms in total. The zero-order chi connectivity index (χ0) is 8.43. The van der Waals surface area contributed by atoms with Crippen LogP contribution in [0, 0.1) is 5.41 Å². The molecule has 0 aromatic rings. The van der Waals surface area contributed by atoms with Gasteiger partial charge in [-0.25, -0.2) is 4.79 Å². The molecule has 1 rings (SSSR count). The van der Waals surface area contributed by atoms with Gasteiger partial charge in [0.15, 0.2) is 0 Å². The van der Waals surface area contributed by atoms with Gasteiger partial charge in [-0.3, -0.25) is 0 Å². The van der Waals surface area contributed by atoms with Crippen LogP contribution in [0.1, 0.15) is 0 Å². The standard InChI is InChI=1S/C8H7NO2/c1-5-2-3-6(8(10)11)4-7(5)9/h2-4,9H,1H2,(H,10,11). The Morgan fingerprint density at radius 1 is 1.55 bits per heavy atom. The highest BCUT2D eigenvalue weighted by molar-refractivity contribution is 6.13. The van der Waals surface area contributed by atoms with Gasteiger partial charge in [0.2, 0.25) is 0 Å². The lowest BCUT2D eigenvalue weighted by Gasteiger charge is -2.04. The fourth-order valence-corrected chi connectivity index (χ4v) is 0.709. The van der Waals surface area contributed by atoms with Gasteiger partial charge in [-0.05, 0) is 17.7 Å². The van der Waals surface area contributed by atoms with Gasteiger partial charge in [0, 0.05) is 0 Å². The van der Waals surface area contributed by atoms with Crippen LogP contribution in [0.3, 0.4) is 0 Å². The Morgan fingerprint density at radius 3 is 2.64 bits per heavy atom. The first-order chi connectivity index (χ1) is 5.11. The highest BCUT2D eigenvalue weighted by Crippen LogP contribution is 2.10. The maximum atomic E-state index is 10.4. The zero-order valence-electron chi connectivity index (χ0n) is 5.79. The third-order valence-electron chi connectivity index (χ3n) is 1.36. The SMILES string of the molecule is C=C1C=CC(C(=O)O)=CC1=N. The molecule has 56 valence electrons. The molecule has 0 radical (unpaired) electrons. The Morgan fingerprint density at radius 2 is 2.18 bits per heavy atom.